The lowest BCUT2D eigenvalue weighted by molar-refractivity contribution is -0.136. The van der Waals surface area contributed by atoms with Gasteiger partial charge in [-0.1, -0.05) is 11.6 Å². The molecule has 0 aliphatic heterocycles. The van der Waals surface area contributed by atoms with Crippen molar-refractivity contribution in [1.29, 1.82) is 5.26 Å². The molecular weight excluding hydrogens is 388 g/mol. The molecule has 3 N–H and O–H groups in total. The predicted molar refractivity (Wildman–Crippen MR) is 103 cm³/mol. The number of anilines is 1. The number of hydrogen-bond acceptors (Lipinski definition) is 6. The van der Waals surface area contributed by atoms with Crippen LogP contribution in [-0.2, 0) is 22.4 Å². The van der Waals surface area contributed by atoms with E-state index in [1.54, 1.807) is 0 Å². The Bertz CT molecular complexity index is 978. The van der Waals surface area contributed by atoms with Crippen LogP contribution in [0.1, 0.15) is 34.4 Å². The van der Waals surface area contributed by atoms with E-state index in [9.17, 15) is 20.0 Å². The van der Waals surface area contributed by atoms with Gasteiger partial charge in [0.1, 0.15) is 16.8 Å². The maximum absolute atomic E-state index is 12.1. The zero-order chi connectivity index (χ0) is 19.4. The molecule has 3 rings (SSSR count). The van der Waals surface area contributed by atoms with Crippen LogP contribution in [0.3, 0.4) is 0 Å². The van der Waals surface area contributed by atoms with Crippen molar-refractivity contribution in [1.82, 2.24) is 5.43 Å². The Hall–Kier alpha value is -2.89. The van der Waals surface area contributed by atoms with Crippen molar-refractivity contribution in [2.24, 2.45) is 5.10 Å². The first kappa shape index (κ1) is 18.9. The van der Waals surface area contributed by atoms with Gasteiger partial charge in [0.25, 0.3) is 0 Å². The summed E-state index contributed by atoms with van der Waals surface area (Å²) in [5, 5.41) is 26.0. The van der Waals surface area contributed by atoms with Gasteiger partial charge in [0.05, 0.1) is 11.8 Å². The lowest BCUT2D eigenvalue weighted by Crippen LogP contribution is -2.32. The minimum atomic E-state index is -0.983. The molecule has 0 fully saturated rings. The lowest BCUT2D eigenvalue weighted by Gasteiger charge is -2.09. The molecule has 0 unspecified atom stereocenters. The molecule has 27 heavy (non-hydrogen) atoms. The number of amides is 2. The number of phenolic OH excluding ortho intramolecular Hbond substituents is 1. The molecule has 138 valence electrons. The monoisotopic (exact) mass is 402 g/mol. The van der Waals surface area contributed by atoms with Gasteiger partial charge in [0.2, 0.25) is 0 Å². The molecule has 0 radical (unpaired) electrons. The van der Waals surface area contributed by atoms with Crippen molar-refractivity contribution in [2.45, 2.75) is 25.7 Å². The zero-order valence-electron chi connectivity index (χ0n) is 14.1. The molecule has 1 heterocycles. The summed E-state index contributed by atoms with van der Waals surface area (Å²) in [6.07, 6.45) is 4.93. The fraction of sp³-hybridized carbons (Fsp3) is 0.222. The molecule has 1 aliphatic rings. The SMILES string of the molecule is N#Cc1c(NC(=O)C(=O)N/N=C\c2cc(Cl)ccc2O)sc2c1CCCC2. The van der Waals surface area contributed by atoms with E-state index in [2.05, 4.69) is 21.9 Å². The molecule has 1 aliphatic carbocycles. The van der Waals surface area contributed by atoms with Gasteiger partial charge in [-0.25, -0.2) is 5.43 Å². The number of aromatic hydroxyl groups is 1. The van der Waals surface area contributed by atoms with Crippen molar-refractivity contribution in [3.63, 3.8) is 0 Å². The maximum Gasteiger partial charge on any atom is 0.329 e. The number of nitrogens with zero attached hydrogens (tertiary/aromatic N) is 2. The molecule has 1 aromatic heterocycles. The highest BCUT2D eigenvalue weighted by atomic mass is 35.5. The number of phenols is 1. The van der Waals surface area contributed by atoms with Crippen molar-refractivity contribution in [3.05, 3.63) is 44.8 Å². The van der Waals surface area contributed by atoms with E-state index in [0.29, 0.717) is 21.2 Å². The Morgan fingerprint density at radius 3 is 2.85 bits per heavy atom. The van der Waals surface area contributed by atoms with E-state index >= 15 is 0 Å². The van der Waals surface area contributed by atoms with Crippen LogP contribution >= 0.6 is 22.9 Å². The Labute approximate surface area is 164 Å². The Balaban J connectivity index is 1.66. The summed E-state index contributed by atoms with van der Waals surface area (Å²) in [6.45, 7) is 0. The molecule has 0 spiro atoms. The number of nitriles is 1. The number of halogens is 1. The second kappa shape index (κ2) is 8.20. The minimum Gasteiger partial charge on any atom is -0.507 e. The van der Waals surface area contributed by atoms with Crippen molar-refractivity contribution in [2.75, 3.05) is 5.32 Å². The number of benzene rings is 1. The van der Waals surface area contributed by atoms with Crippen LogP contribution in [0.5, 0.6) is 5.75 Å². The molecular formula is C18H15ClN4O3S. The summed E-state index contributed by atoms with van der Waals surface area (Å²) >= 11 is 7.16. The summed E-state index contributed by atoms with van der Waals surface area (Å²) in [6, 6.07) is 6.48. The first-order valence-electron chi connectivity index (χ1n) is 8.17. The van der Waals surface area contributed by atoms with Gasteiger partial charge >= 0.3 is 11.8 Å². The average Bonchev–Trinajstić information content (AvgIpc) is 3.01. The molecule has 9 heteroatoms. The van der Waals surface area contributed by atoms with Crippen LogP contribution in [0.15, 0.2) is 23.3 Å². The number of rotatable bonds is 3. The molecule has 0 atom stereocenters. The number of thiophene rings is 1. The van der Waals surface area contributed by atoms with Crippen molar-refractivity contribution < 1.29 is 14.7 Å². The van der Waals surface area contributed by atoms with Gasteiger partial charge in [0.15, 0.2) is 0 Å². The van der Waals surface area contributed by atoms with E-state index < -0.39 is 11.8 Å². The van der Waals surface area contributed by atoms with Crippen LogP contribution in [0, 0.1) is 11.3 Å². The van der Waals surface area contributed by atoms with Gasteiger partial charge < -0.3 is 10.4 Å². The first-order chi connectivity index (χ1) is 13.0. The quantitative estimate of drug-likeness (QED) is 0.416. The van der Waals surface area contributed by atoms with Gasteiger partial charge in [0, 0.05) is 15.5 Å². The van der Waals surface area contributed by atoms with Gasteiger partial charge in [-0.05, 0) is 49.4 Å². The number of hydrogen-bond donors (Lipinski definition) is 3. The molecule has 0 saturated carbocycles. The average molecular weight is 403 g/mol. The highest BCUT2D eigenvalue weighted by molar-refractivity contribution is 7.16. The van der Waals surface area contributed by atoms with Crippen LogP contribution in [-0.4, -0.2) is 23.1 Å². The molecule has 0 saturated heterocycles. The number of aryl methyl sites for hydroxylation is 1. The number of carbonyl (C=O) groups is 2. The first-order valence-corrected chi connectivity index (χ1v) is 9.36. The van der Waals surface area contributed by atoms with Crippen LogP contribution < -0.4 is 10.7 Å². The van der Waals surface area contributed by atoms with E-state index in [0.717, 1.165) is 36.1 Å². The smallest absolute Gasteiger partial charge is 0.329 e. The number of fused-ring (bicyclic) bond motifs is 1. The van der Waals surface area contributed by atoms with Crippen LogP contribution in [0.2, 0.25) is 5.02 Å². The Morgan fingerprint density at radius 2 is 2.07 bits per heavy atom. The number of hydrazone groups is 1. The summed E-state index contributed by atoms with van der Waals surface area (Å²) in [5.74, 6) is -1.97. The van der Waals surface area contributed by atoms with Gasteiger partial charge in [-0.2, -0.15) is 10.4 Å². The fourth-order valence-corrected chi connectivity index (χ4v) is 4.19. The minimum absolute atomic E-state index is 0.0651. The third-order valence-electron chi connectivity index (χ3n) is 4.08. The highest BCUT2D eigenvalue weighted by Gasteiger charge is 2.23. The number of carbonyl (C=O) groups excluding carboxylic acids is 2. The van der Waals surface area contributed by atoms with E-state index in [-0.39, 0.29) is 5.75 Å². The van der Waals surface area contributed by atoms with Crippen molar-refractivity contribution in [3.8, 4) is 11.8 Å². The number of nitrogens with one attached hydrogen (secondary N) is 2. The molecule has 2 amide bonds. The summed E-state index contributed by atoms with van der Waals surface area (Å²) < 4.78 is 0. The third kappa shape index (κ3) is 4.27. The molecule has 7 nitrogen and oxygen atoms in total. The van der Waals surface area contributed by atoms with Crippen molar-refractivity contribution >= 4 is 46.0 Å². The maximum atomic E-state index is 12.1. The molecule has 1 aromatic carbocycles. The zero-order valence-corrected chi connectivity index (χ0v) is 15.7. The van der Waals surface area contributed by atoms with Gasteiger partial charge in [-0.3, -0.25) is 9.59 Å². The second-order valence-electron chi connectivity index (χ2n) is 5.88. The van der Waals surface area contributed by atoms with E-state index in [4.69, 9.17) is 11.6 Å². The standard InChI is InChI=1S/C18H15ClN4O3S/c19-11-5-6-14(24)10(7-11)9-21-23-17(26)16(25)22-18-13(8-20)12-3-1-2-4-15(12)27-18/h5-7,9,24H,1-4H2,(H,22,25)(H,23,26)/b21-9-. The normalized spacial score (nSPS) is 13.0. The predicted octanol–water partition coefficient (Wildman–Crippen LogP) is 2.95. The lowest BCUT2D eigenvalue weighted by atomic mass is 9.96. The highest BCUT2D eigenvalue weighted by Crippen LogP contribution is 2.37. The largest absolute Gasteiger partial charge is 0.507 e. The summed E-state index contributed by atoms with van der Waals surface area (Å²) in [4.78, 5) is 25.1. The molecule has 2 aromatic rings. The van der Waals surface area contributed by atoms with Crippen LogP contribution in [0.4, 0.5) is 5.00 Å². The summed E-state index contributed by atoms with van der Waals surface area (Å²) in [5.41, 5.74) is 3.78. The van der Waals surface area contributed by atoms with E-state index in [1.807, 2.05) is 0 Å². The third-order valence-corrected chi connectivity index (χ3v) is 5.52. The van der Waals surface area contributed by atoms with Crippen LogP contribution in [0.25, 0.3) is 0 Å². The Kier molecular flexibility index (Phi) is 5.74. The topological polar surface area (TPSA) is 115 Å². The summed E-state index contributed by atoms with van der Waals surface area (Å²) in [7, 11) is 0. The van der Waals surface area contributed by atoms with Gasteiger partial charge in [-0.15, -0.1) is 11.3 Å². The second-order valence-corrected chi connectivity index (χ2v) is 7.42. The van der Waals surface area contributed by atoms with E-state index in [1.165, 1.54) is 35.8 Å². The molecule has 0 bridgehead atoms. The fourth-order valence-electron chi connectivity index (χ4n) is 2.77. The Morgan fingerprint density at radius 1 is 1.30 bits per heavy atom.